The molecule has 21 heavy (non-hydrogen) atoms. The topological polar surface area (TPSA) is 35.5 Å². The van der Waals surface area contributed by atoms with Crippen LogP contribution < -0.4 is 4.74 Å². The van der Waals surface area contributed by atoms with Crippen molar-refractivity contribution < 1.29 is 14.3 Å². The van der Waals surface area contributed by atoms with Gasteiger partial charge in [0, 0.05) is 10.6 Å². The van der Waals surface area contributed by atoms with Crippen LogP contribution in [0.25, 0.3) is 0 Å². The second-order valence-corrected chi connectivity index (χ2v) is 5.24. The van der Waals surface area contributed by atoms with E-state index in [4.69, 9.17) is 21.1 Å². The summed E-state index contributed by atoms with van der Waals surface area (Å²) in [5.74, 6) is 0.429. The molecule has 0 N–H and O–H groups in total. The van der Waals surface area contributed by atoms with Gasteiger partial charge in [0.05, 0.1) is 12.7 Å². The SMILES string of the molecule is COC(=O)c1ccccc1COc1c(C)cc(Cl)cc1C. The summed E-state index contributed by atoms with van der Waals surface area (Å²) in [6.45, 7) is 4.19. The molecule has 0 aliphatic heterocycles. The molecule has 0 fully saturated rings. The van der Waals surface area contributed by atoms with Gasteiger partial charge in [-0.2, -0.15) is 0 Å². The van der Waals surface area contributed by atoms with Crippen LogP contribution in [0.5, 0.6) is 5.75 Å². The number of hydrogen-bond acceptors (Lipinski definition) is 3. The third-order valence-electron chi connectivity index (χ3n) is 3.22. The molecule has 0 spiro atoms. The minimum atomic E-state index is -0.362. The smallest absolute Gasteiger partial charge is 0.338 e. The summed E-state index contributed by atoms with van der Waals surface area (Å²) in [7, 11) is 1.37. The van der Waals surface area contributed by atoms with Gasteiger partial charge in [0.1, 0.15) is 12.4 Å². The van der Waals surface area contributed by atoms with Crippen LogP contribution in [0.1, 0.15) is 27.0 Å². The van der Waals surface area contributed by atoms with Crippen LogP contribution in [-0.4, -0.2) is 13.1 Å². The van der Waals surface area contributed by atoms with Crippen molar-refractivity contribution in [2.45, 2.75) is 20.5 Å². The highest BCUT2D eigenvalue weighted by Crippen LogP contribution is 2.28. The molecule has 0 aliphatic rings. The molecule has 4 heteroatoms. The van der Waals surface area contributed by atoms with Gasteiger partial charge in [-0.25, -0.2) is 4.79 Å². The zero-order chi connectivity index (χ0) is 15.4. The first kappa shape index (κ1) is 15.4. The lowest BCUT2D eigenvalue weighted by Crippen LogP contribution is -2.08. The Morgan fingerprint density at radius 2 is 1.76 bits per heavy atom. The largest absolute Gasteiger partial charge is 0.488 e. The van der Waals surface area contributed by atoms with Crippen LogP contribution in [0.4, 0.5) is 0 Å². The number of carbonyl (C=O) groups is 1. The van der Waals surface area contributed by atoms with Gasteiger partial charge >= 0.3 is 5.97 Å². The number of rotatable bonds is 4. The van der Waals surface area contributed by atoms with Crippen LogP contribution >= 0.6 is 11.6 Å². The quantitative estimate of drug-likeness (QED) is 0.789. The van der Waals surface area contributed by atoms with Crippen molar-refractivity contribution in [3.8, 4) is 5.75 Å². The molecule has 0 amide bonds. The minimum Gasteiger partial charge on any atom is -0.488 e. The molecule has 3 nitrogen and oxygen atoms in total. The van der Waals surface area contributed by atoms with E-state index in [2.05, 4.69) is 0 Å². The van der Waals surface area contributed by atoms with Gasteiger partial charge in [-0.15, -0.1) is 0 Å². The normalized spacial score (nSPS) is 10.3. The molecule has 0 atom stereocenters. The highest BCUT2D eigenvalue weighted by atomic mass is 35.5. The molecule has 0 bridgehead atoms. The lowest BCUT2D eigenvalue weighted by molar-refractivity contribution is 0.0597. The Hall–Kier alpha value is -2.00. The second kappa shape index (κ2) is 6.64. The summed E-state index contributed by atoms with van der Waals surface area (Å²) in [6, 6.07) is 11.0. The van der Waals surface area contributed by atoms with Crippen molar-refractivity contribution in [2.24, 2.45) is 0 Å². The fourth-order valence-electron chi connectivity index (χ4n) is 2.23. The third kappa shape index (κ3) is 3.56. The average molecular weight is 305 g/mol. The summed E-state index contributed by atoms with van der Waals surface area (Å²) in [4.78, 5) is 11.7. The molecule has 2 aromatic carbocycles. The van der Waals surface area contributed by atoms with Crippen molar-refractivity contribution in [2.75, 3.05) is 7.11 Å². The summed E-state index contributed by atoms with van der Waals surface area (Å²) in [6.07, 6.45) is 0. The maximum atomic E-state index is 11.7. The Bertz CT molecular complexity index is 642. The fraction of sp³-hybridized carbons (Fsp3) is 0.235. The highest BCUT2D eigenvalue weighted by Gasteiger charge is 2.12. The van der Waals surface area contributed by atoms with Crippen molar-refractivity contribution >= 4 is 17.6 Å². The Labute approximate surface area is 129 Å². The van der Waals surface area contributed by atoms with E-state index in [1.54, 1.807) is 12.1 Å². The fourth-order valence-corrected chi connectivity index (χ4v) is 2.56. The molecule has 0 aliphatic carbocycles. The van der Waals surface area contributed by atoms with Crippen molar-refractivity contribution in [1.29, 1.82) is 0 Å². The first-order valence-electron chi connectivity index (χ1n) is 6.58. The first-order valence-corrected chi connectivity index (χ1v) is 6.96. The van der Waals surface area contributed by atoms with Crippen molar-refractivity contribution in [3.05, 3.63) is 63.7 Å². The van der Waals surface area contributed by atoms with Crippen LogP contribution in [0, 0.1) is 13.8 Å². The third-order valence-corrected chi connectivity index (χ3v) is 3.44. The summed E-state index contributed by atoms with van der Waals surface area (Å²) in [5.41, 5.74) is 3.24. The molecule has 2 aromatic rings. The maximum Gasteiger partial charge on any atom is 0.338 e. The monoisotopic (exact) mass is 304 g/mol. The molecule has 0 heterocycles. The maximum absolute atomic E-state index is 11.7. The minimum absolute atomic E-state index is 0.300. The number of carbonyl (C=O) groups excluding carboxylic acids is 1. The molecule has 2 rings (SSSR count). The summed E-state index contributed by atoms with van der Waals surface area (Å²) in [5, 5.41) is 0.687. The van der Waals surface area contributed by atoms with Crippen LogP contribution in [-0.2, 0) is 11.3 Å². The Morgan fingerprint density at radius 3 is 2.38 bits per heavy atom. The van der Waals surface area contributed by atoms with E-state index in [0.29, 0.717) is 17.2 Å². The predicted octanol–water partition coefficient (Wildman–Crippen LogP) is 4.32. The molecule has 0 unspecified atom stereocenters. The van der Waals surface area contributed by atoms with Crippen LogP contribution in [0.2, 0.25) is 5.02 Å². The molecular weight excluding hydrogens is 288 g/mol. The number of ether oxygens (including phenoxy) is 2. The Morgan fingerprint density at radius 1 is 1.14 bits per heavy atom. The number of methoxy groups -OCH3 is 1. The molecule has 0 saturated heterocycles. The number of aryl methyl sites for hydroxylation is 2. The molecule has 0 aromatic heterocycles. The van der Waals surface area contributed by atoms with E-state index < -0.39 is 0 Å². The van der Waals surface area contributed by atoms with E-state index in [1.807, 2.05) is 38.1 Å². The van der Waals surface area contributed by atoms with Gasteiger partial charge in [0.15, 0.2) is 0 Å². The molecular formula is C17H17ClO3. The summed E-state index contributed by atoms with van der Waals surface area (Å²) >= 11 is 6.01. The zero-order valence-corrected chi connectivity index (χ0v) is 13.0. The van der Waals surface area contributed by atoms with E-state index >= 15 is 0 Å². The van der Waals surface area contributed by atoms with Gasteiger partial charge in [0.25, 0.3) is 0 Å². The van der Waals surface area contributed by atoms with E-state index in [-0.39, 0.29) is 5.97 Å². The average Bonchev–Trinajstić information content (AvgIpc) is 2.45. The standard InChI is InChI=1S/C17H17ClO3/c1-11-8-14(18)9-12(2)16(11)21-10-13-6-4-5-7-15(13)17(19)20-3/h4-9H,10H2,1-3H3. The number of hydrogen-bond donors (Lipinski definition) is 0. The first-order chi connectivity index (χ1) is 10.0. The van der Waals surface area contributed by atoms with Gasteiger partial charge in [0.2, 0.25) is 0 Å². The van der Waals surface area contributed by atoms with E-state index in [9.17, 15) is 4.79 Å². The number of halogens is 1. The molecule has 0 radical (unpaired) electrons. The van der Waals surface area contributed by atoms with Gasteiger partial charge in [-0.3, -0.25) is 0 Å². The van der Waals surface area contributed by atoms with E-state index in [0.717, 1.165) is 22.4 Å². The van der Waals surface area contributed by atoms with Gasteiger partial charge in [-0.1, -0.05) is 29.8 Å². The number of esters is 1. The van der Waals surface area contributed by atoms with Crippen molar-refractivity contribution in [1.82, 2.24) is 0 Å². The van der Waals surface area contributed by atoms with Crippen LogP contribution in [0.15, 0.2) is 36.4 Å². The lowest BCUT2D eigenvalue weighted by Gasteiger charge is -2.14. The Kier molecular flexibility index (Phi) is 4.86. The van der Waals surface area contributed by atoms with Crippen molar-refractivity contribution in [3.63, 3.8) is 0 Å². The number of benzene rings is 2. The highest BCUT2D eigenvalue weighted by molar-refractivity contribution is 6.30. The summed E-state index contributed by atoms with van der Waals surface area (Å²) < 4.78 is 10.7. The molecule has 0 saturated carbocycles. The molecule has 110 valence electrons. The zero-order valence-electron chi connectivity index (χ0n) is 12.3. The van der Waals surface area contributed by atoms with Gasteiger partial charge < -0.3 is 9.47 Å². The second-order valence-electron chi connectivity index (χ2n) is 4.81. The lowest BCUT2D eigenvalue weighted by atomic mass is 10.1. The Balaban J connectivity index is 2.23. The van der Waals surface area contributed by atoms with E-state index in [1.165, 1.54) is 7.11 Å². The van der Waals surface area contributed by atoms with Crippen LogP contribution in [0.3, 0.4) is 0 Å². The van der Waals surface area contributed by atoms with Gasteiger partial charge in [-0.05, 0) is 43.2 Å². The predicted molar refractivity (Wildman–Crippen MR) is 83.0 cm³/mol.